The molecule has 0 radical (unpaired) electrons. The number of rotatable bonds is 3. The van der Waals surface area contributed by atoms with Crippen molar-refractivity contribution in [2.45, 2.75) is 12.2 Å². The van der Waals surface area contributed by atoms with Crippen molar-refractivity contribution in [3.8, 4) is 0 Å². The fourth-order valence-corrected chi connectivity index (χ4v) is 3.03. The summed E-state index contributed by atoms with van der Waals surface area (Å²) in [6.45, 7) is 3.58. The zero-order valence-corrected chi connectivity index (χ0v) is 12.0. The van der Waals surface area contributed by atoms with Gasteiger partial charge in [0.05, 0.1) is 5.56 Å². The Morgan fingerprint density at radius 2 is 2.30 bits per heavy atom. The third-order valence-electron chi connectivity index (χ3n) is 2.95. The lowest BCUT2D eigenvalue weighted by molar-refractivity contribution is -0.131. The van der Waals surface area contributed by atoms with Crippen LogP contribution in [0.25, 0.3) is 6.08 Å². The monoisotopic (exact) mass is 292 g/mol. The smallest absolute Gasteiger partial charge is 0.328 e. The maximum absolute atomic E-state index is 12.4. The number of pyridine rings is 1. The summed E-state index contributed by atoms with van der Waals surface area (Å²) in [5.41, 5.74) is 1.11. The second kappa shape index (κ2) is 6.56. The molecular weight excluding hydrogens is 276 g/mol. The van der Waals surface area contributed by atoms with Gasteiger partial charge in [-0.15, -0.1) is 0 Å². The lowest BCUT2D eigenvalue weighted by Gasteiger charge is -2.30. The van der Waals surface area contributed by atoms with Gasteiger partial charge in [-0.1, -0.05) is 6.92 Å². The molecule has 1 N–H and O–H groups in total. The molecule has 1 aromatic rings. The summed E-state index contributed by atoms with van der Waals surface area (Å²) >= 11 is 1.86. The van der Waals surface area contributed by atoms with Crippen molar-refractivity contribution < 1.29 is 14.7 Å². The summed E-state index contributed by atoms with van der Waals surface area (Å²) < 4.78 is 0. The fraction of sp³-hybridized carbons (Fsp3) is 0.357. The Morgan fingerprint density at radius 3 is 3.00 bits per heavy atom. The number of aromatic nitrogens is 1. The standard InChI is InChI=1S/C14H16N2O3S/c1-10-9-16(4-5-20-10)14(19)12-6-11(7-15-8-12)2-3-13(17)18/h2-3,6-8,10H,4-5,9H2,1H3,(H,17,18)/b3-2+. The van der Waals surface area contributed by atoms with Crippen LogP contribution in [0.3, 0.4) is 0 Å². The Bertz CT molecular complexity index is 545. The van der Waals surface area contributed by atoms with E-state index < -0.39 is 5.97 Å². The Labute approximate surface area is 121 Å². The molecule has 20 heavy (non-hydrogen) atoms. The van der Waals surface area contributed by atoms with Gasteiger partial charge in [-0.3, -0.25) is 9.78 Å². The van der Waals surface area contributed by atoms with Crippen LogP contribution in [0.15, 0.2) is 24.5 Å². The molecule has 5 nitrogen and oxygen atoms in total. The molecule has 1 atom stereocenters. The van der Waals surface area contributed by atoms with Crippen LogP contribution in [0.5, 0.6) is 0 Å². The van der Waals surface area contributed by atoms with Crippen molar-refractivity contribution >= 4 is 29.7 Å². The van der Waals surface area contributed by atoms with Crippen molar-refractivity contribution in [2.24, 2.45) is 0 Å². The third kappa shape index (κ3) is 3.84. The van der Waals surface area contributed by atoms with Crippen LogP contribution in [0.4, 0.5) is 0 Å². The third-order valence-corrected chi connectivity index (χ3v) is 4.09. The van der Waals surface area contributed by atoms with Crippen LogP contribution in [0.2, 0.25) is 0 Å². The number of hydrogen-bond donors (Lipinski definition) is 1. The molecule has 2 rings (SSSR count). The van der Waals surface area contributed by atoms with Crippen LogP contribution in [-0.2, 0) is 4.79 Å². The summed E-state index contributed by atoms with van der Waals surface area (Å²) in [5.74, 6) is -0.127. The van der Waals surface area contributed by atoms with Crippen LogP contribution in [0, 0.1) is 0 Å². The van der Waals surface area contributed by atoms with Gasteiger partial charge in [0, 0.05) is 42.6 Å². The van der Waals surface area contributed by atoms with E-state index in [1.54, 1.807) is 6.07 Å². The van der Waals surface area contributed by atoms with E-state index in [9.17, 15) is 9.59 Å². The molecule has 1 aromatic heterocycles. The van der Waals surface area contributed by atoms with Gasteiger partial charge in [-0.05, 0) is 17.7 Å². The van der Waals surface area contributed by atoms with E-state index in [0.29, 0.717) is 16.4 Å². The lowest BCUT2D eigenvalue weighted by atomic mass is 10.1. The molecule has 0 aromatic carbocycles. The van der Waals surface area contributed by atoms with E-state index in [4.69, 9.17) is 5.11 Å². The van der Waals surface area contributed by atoms with Crippen molar-refractivity contribution in [1.82, 2.24) is 9.88 Å². The number of nitrogens with zero attached hydrogens (tertiary/aromatic N) is 2. The normalized spacial score (nSPS) is 19.2. The molecule has 0 spiro atoms. The van der Waals surface area contributed by atoms with E-state index in [2.05, 4.69) is 11.9 Å². The largest absolute Gasteiger partial charge is 0.478 e. The van der Waals surface area contributed by atoms with E-state index in [0.717, 1.165) is 24.9 Å². The molecule has 1 unspecified atom stereocenters. The highest BCUT2D eigenvalue weighted by atomic mass is 32.2. The van der Waals surface area contributed by atoms with Crippen LogP contribution < -0.4 is 0 Å². The molecule has 1 amide bonds. The number of carbonyl (C=O) groups excluding carboxylic acids is 1. The first-order valence-electron chi connectivity index (χ1n) is 6.33. The van der Waals surface area contributed by atoms with Gasteiger partial charge >= 0.3 is 5.97 Å². The SMILES string of the molecule is CC1CN(C(=O)c2cncc(/C=C/C(=O)O)c2)CCS1. The van der Waals surface area contributed by atoms with Gasteiger partial charge in [0.25, 0.3) is 5.91 Å². The molecule has 0 saturated carbocycles. The van der Waals surface area contributed by atoms with Gasteiger partial charge in [0.15, 0.2) is 0 Å². The Morgan fingerprint density at radius 1 is 1.50 bits per heavy atom. The lowest BCUT2D eigenvalue weighted by Crippen LogP contribution is -2.41. The Hall–Kier alpha value is -1.82. The quantitative estimate of drug-likeness (QED) is 0.860. The minimum absolute atomic E-state index is 0.0461. The summed E-state index contributed by atoms with van der Waals surface area (Å²) in [7, 11) is 0. The number of thioether (sulfide) groups is 1. The van der Waals surface area contributed by atoms with Crippen LogP contribution in [-0.4, -0.2) is 51.0 Å². The Balaban J connectivity index is 2.13. The minimum atomic E-state index is -1.02. The molecule has 1 aliphatic rings. The highest BCUT2D eigenvalue weighted by molar-refractivity contribution is 7.99. The molecule has 1 aliphatic heterocycles. The second-order valence-electron chi connectivity index (χ2n) is 4.61. The second-order valence-corrected chi connectivity index (χ2v) is 6.16. The molecule has 106 valence electrons. The minimum Gasteiger partial charge on any atom is -0.478 e. The molecule has 0 bridgehead atoms. The molecule has 2 heterocycles. The predicted molar refractivity (Wildman–Crippen MR) is 78.7 cm³/mol. The first kappa shape index (κ1) is 14.6. The number of carboxylic acids is 1. The molecule has 1 saturated heterocycles. The molecular formula is C14H16N2O3S. The van der Waals surface area contributed by atoms with Gasteiger partial charge in [0.1, 0.15) is 0 Å². The zero-order valence-electron chi connectivity index (χ0n) is 11.2. The number of hydrogen-bond acceptors (Lipinski definition) is 4. The fourth-order valence-electron chi connectivity index (χ4n) is 2.02. The van der Waals surface area contributed by atoms with Crippen molar-refractivity contribution in [3.05, 3.63) is 35.7 Å². The van der Waals surface area contributed by atoms with E-state index in [1.807, 2.05) is 16.7 Å². The van der Waals surface area contributed by atoms with Crippen molar-refractivity contribution in [1.29, 1.82) is 0 Å². The maximum atomic E-state index is 12.4. The van der Waals surface area contributed by atoms with E-state index in [-0.39, 0.29) is 5.91 Å². The van der Waals surface area contributed by atoms with Gasteiger partial charge < -0.3 is 10.0 Å². The number of aliphatic carboxylic acids is 1. The number of amides is 1. The first-order chi connectivity index (χ1) is 9.56. The summed E-state index contributed by atoms with van der Waals surface area (Å²) in [5, 5.41) is 9.04. The van der Waals surface area contributed by atoms with Gasteiger partial charge in [-0.2, -0.15) is 11.8 Å². The number of carbonyl (C=O) groups is 2. The average molecular weight is 292 g/mol. The summed E-state index contributed by atoms with van der Waals surface area (Å²) in [6.07, 6.45) is 5.52. The van der Waals surface area contributed by atoms with Gasteiger partial charge in [-0.25, -0.2) is 4.79 Å². The number of carboxylic acid groups (broad SMARTS) is 1. The Kier molecular flexibility index (Phi) is 4.79. The molecule has 0 aliphatic carbocycles. The van der Waals surface area contributed by atoms with Gasteiger partial charge in [0.2, 0.25) is 0 Å². The maximum Gasteiger partial charge on any atom is 0.328 e. The molecule has 1 fully saturated rings. The topological polar surface area (TPSA) is 70.5 Å². The van der Waals surface area contributed by atoms with Crippen molar-refractivity contribution in [3.63, 3.8) is 0 Å². The predicted octanol–water partition coefficient (Wildman–Crippen LogP) is 1.76. The van der Waals surface area contributed by atoms with Crippen LogP contribution >= 0.6 is 11.8 Å². The highest BCUT2D eigenvalue weighted by Gasteiger charge is 2.22. The van der Waals surface area contributed by atoms with E-state index in [1.165, 1.54) is 18.5 Å². The van der Waals surface area contributed by atoms with Crippen molar-refractivity contribution in [2.75, 3.05) is 18.8 Å². The highest BCUT2D eigenvalue weighted by Crippen LogP contribution is 2.19. The van der Waals surface area contributed by atoms with Crippen LogP contribution in [0.1, 0.15) is 22.8 Å². The summed E-state index contributed by atoms with van der Waals surface area (Å²) in [6, 6.07) is 1.67. The van der Waals surface area contributed by atoms with E-state index >= 15 is 0 Å². The average Bonchev–Trinajstić information content (AvgIpc) is 2.44. The zero-order chi connectivity index (χ0) is 14.5. The summed E-state index contributed by atoms with van der Waals surface area (Å²) in [4.78, 5) is 28.7. The first-order valence-corrected chi connectivity index (χ1v) is 7.38. The molecule has 6 heteroatoms.